The summed E-state index contributed by atoms with van der Waals surface area (Å²) < 4.78 is 16.1. The van der Waals surface area contributed by atoms with E-state index in [1.165, 1.54) is 13.8 Å². The van der Waals surface area contributed by atoms with Crippen molar-refractivity contribution in [3.63, 3.8) is 0 Å². The van der Waals surface area contributed by atoms with E-state index in [1.807, 2.05) is 0 Å². The van der Waals surface area contributed by atoms with Crippen molar-refractivity contribution in [2.45, 2.75) is 26.9 Å². The van der Waals surface area contributed by atoms with E-state index in [2.05, 4.69) is 10.6 Å². The third-order valence-electron chi connectivity index (χ3n) is 4.45. The number of carbonyl (C=O) groups excluding carboxylic acids is 3. The summed E-state index contributed by atoms with van der Waals surface area (Å²) in [5.74, 6) is -0.731. The summed E-state index contributed by atoms with van der Waals surface area (Å²) in [7, 11) is 1.55. The predicted octanol–water partition coefficient (Wildman–Crippen LogP) is 3.89. The highest BCUT2D eigenvalue weighted by atomic mass is 16.6. The number of fused-ring (bicyclic) bond motifs is 1. The maximum atomic E-state index is 12.5. The van der Waals surface area contributed by atoms with Crippen molar-refractivity contribution >= 4 is 40.1 Å². The van der Waals surface area contributed by atoms with Crippen LogP contribution in [-0.2, 0) is 14.3 Å². The molecule has 1 heterocycles. The Bertz CT molecular complexity index is 1100. The highest BCUT2D eigenvalue weighted by molar-refractivity contribution is 5.99. The van der Waals surface area contributed by atoms with Crippen LogP contribution in [0, 0.1) is 6.92 Å². The molecule has 1 aromatic heterocycles. The normalized spacial score (nSPS) is 11.6. The summed E-state index contributed by atoms with van der Waals surface area (Å²) in [5, 5.41) is 6.03. The first-order valence-corrected chi connectivity index (χ1v) is 9.25. The van der Waals surface area contributed by atoms with Crippen LogP contribution in [0.4, 0.5) is 11.4 Å². The number of carbonyl (C=O) groups is 3. The van der Waals surface area contributed by atoms with Crippen molar-refractivity contribution in [1.82, 2.24) is 0 Å². The van der Waals surface area contributed by atoms with Crippen LogP contribution in [0.3, 0.4) is 0 Å². The molecule has 30 heavy (non-hydrogen) atoms. The summed E-state index contributed by atoms with van der Waals surface area (Å²) in [6, 6.07) is 11.8. The minimum atomic E-state index is -1.05. The number of methoxy groups -OCH3 is 1. The minimum Gasteiger partial charge on any atom is -0.497 e. The van der Waals surface area contributed by atoms with Crippen LogP contribution in [0.5, 0.6) is 5.75 Å². The van der Waals surface area contributed by atoms with Gasteiger partial charge in [0.25, 0.3) is 5.91 Å². The van der Waals surface area contributed by atoms with E-state index in [0.29, 0.717) is 28.3 Å². The number of nitrogens with one attached hydrogen (secondary N) is 2. The number of furan rings is 1. The number of benzene rings is 2. The summed E-state index contributed by atoms with van der Waals surface area (Å²) in [5.41, 5.74) is 2.24. The van der Waals surface area contributed by atoms with Crippen LogP contribution in [0.15, 0.2) is 46.9 Å². The maximum Gasteiger partial charge on any atom is 0.375 e. The molecule has 0 aliphatic rings. The summed E-state index contributed by atoms with van der Waals surface area (Å²) in [6.07, 6.45) is -1.05. The van der Waals surface area contributed by atoms with Crippen molar-refractivity contribution in [2.75, 3.05) is 17.7 Å². The van der Waals surface area contributed by atoms with E-state index in [4.69, 9.17) is 13.9 Å². The Morgan fingerprint density at radius 2 is 1.63 bits per heavy atom. The van der Waals surface area contributed by atoms with Crippen molar-refractivity contribution < 1.29 is 28.3 Å². The quantitative estimate of drug-likeness (QED) is 0.597. The first-order valence-electron chi connectivity index (χ1n) is 9.25. The zero-order valence-electron chi connectivity index (χ0n) is 17.1. The first-order chi connectivity index (χ1) is 14.3. The molecule has 1 atom stereocenters. The lowest BCUT2D eigenvalue weighted by molar-refractivity contribution is -0.123. The van der Waals surface area contributed by atoms with Gasteiger partial charge in [0, 0.05) is 29.2 Å². The molecule has 2 amide bonds. The number of anilines is 2. The van der Waals surface area contributed by atoms with Crippen LogP contribution in [0.1, 0.15) is 30.0 Å². The fraction of sp³-hybridized carbons (Fsp3) is 0.227. The summed E-state index contributed by atoms with van der Waals surface area (Å²) >= 11 is 0. The fourth-order valence-corrected chi connectivity index (χ4v) is 2.87. The van der Waals surface area contributed by atoms with E-state index in [-0.39, 0.29) is 11.7 Å². The number of ether oxygens (including phenoxy) is 2. The predicted molar refractivity (Wildman–Crippen MR) is 112 cm³/mol. The Balaban J connectivity index is 1.66. The molecule has 2 aromatic carbocycles. The van der Waals surface area contributed by atoms with Gasteiger partial charge in [0.15, 0.2) is 6.10 Å². The molecule has 156 valence electrons. The van der Waals surface area contributed by atoms with Gasteiger partial charge in [0.1, 0.15) is 11.3 Å². The van der Waals surface area contributed by atoms with Gasteiger partial charge in [-0.3, -0.25) is 9.59 Å². The topological polar surface area (TPSA) is 107 Å². The largest absolute Gasteiger partial charge is 0.497 e. The third kappa shape index (κ3) is 4.60. The highest BCUT2D eigenvalue weighted by Crippen LogP contribution is 2.29. The van der Waals surface area contributed by atoms with Gasteiger partial charge < -0.3 is 24.5 Å². The van der Waals surface area contributed by atoms with Crippen molar-refractivity contribution in [2.24, 2.45) is 0 Å². The molecular formula is C22H22N2O6. The molecule has 0 aliphatic heterocycles. The minimum absolute atomic E-state index is 0.0394. The second kappa shape index (κ2) is 8.69. The lowest BCUT2D eigenvalue weighted by Gasteiger charge is -2.13. The van der Waals surface area contributed by atoms with Crippen LogP contribution >= 0.6 is 0 Å². The lowest BCUT2D eigenvalue weighted by Crippen LogP contribution is -2.30. The zero-order chi connectivity index (χ0) is 21.8. The molecule has 0 radical (unpaired) electrons. The zero-order valence-corrected chi connectivity index (χ0v) is 17.1. The van der Waals surface area contributed by atoms with Crippen LogP contribution in [-0.4, -0.2) is 31.0 Å². The number of amides is 2. The molecule has 8 heteroatoms. The number of hydrogen-bond donors (Lipinski definition) is 2. The molecule has 0 aliphatic carbocycles. The Morgan fingerprint density at radius 1 is 1.00 bits per heavy atom. The molecule has 8 nitrogen and oxygen atoms in total. The van der Waals surface area contributed by atoms with Gasteiger partial charge in [0.2, 0.25) is 11.7 Å². The second-order valence-corrected chi connectivity index (χ2v) is 6.71. The van der Waals surface area contributed by atoms with Gasteiger partial charge in [-0.25, -0.2) is 4.79 Å². The van der Waals surface area contributed by atoms with Gasteiger partial charge in [-0.1, -0.05) is 0 Å². The first kappa shape index (κ1) is 20.9. The molecule has 3 aromatic rings. The molecule has 0 unspecified atom stereocenters. The molecular weight excluding hydrogens is 388 g/mol. The molecule has 0 fully saturated rings. The van der Waals surface area contributed by atoms with E-state index in [9.17, 15) is 14.4 Å². The molecule has 0 bridgehead atoms. The van der Waals surface area contributed by atoms with Crippen molar-refractivity contribution in [3.05, 3.63) is 53.8 Å². The van der Waals surface area contributed by atoms with Gasteiger partial charge in [-0.2, -0.15) is 0 Å². The SMILES string of the molecule is COc1ccc2oc(C(=O)O[C@@H](C)C(=O)Nc3ccc(NC(C)=O)cc3)c(C)c2c1. The van der Waals surface area contributed by atoms with Crippen LogP contribution in [0.2, 0.25) is 0 Å². The number of esters is 1. The van der Waals surface area contributed by atoms with Gasteiger partial charge in [0.05, 0.1) is 7.11 Å². The Hall–Kier alpha value is -3.81. The molecule has 0 spiro atoms. The number of rotatable bonds is 6. The average Bonchev–Trinajstić information content (AvgIpc) is 3.05. The van der Waals surface area contributed by atoms with Crippen molar-refractivity contribution in [1.29, 1.82) is 0 Å². The molecule has 0 saturated carbocycles. The Labute approximate surface area is 173 Å². The van der Waals surface area contributed by atoms with E-state index >= 15 is 0 Å². The molecule has 3 rings (SSSR count). The second-order valence-electron chi connectivity index (χ2n) is 6.71. The van der Waals surface area contributed by atoms with E-state index < -0.39 is 18.0 Å². The lowest BCUT2D eigenvalue weighted by atomic mass is 10.1. The van der Waals surface area contributed by atoms with Gasteiger partial charge in [-0.05, 0) is 56.3 Å². The monoisotopic (exact) mass is 410 g/mol. The van der Waals surface area contributed by atoms with E-state index in [0.717, 1.165) is 5.39 Å². The Morgan fingerprint density at radius 3 is 2.23 bits per heavy atom. The number of hydrogen-bond acceptors (Lipinski definition) is 6. The van der Waals surface area contributed by atoms with Crippen LogP contribution < -0.4 is 15.4 Å². The van der Waals surface area contributed by atoms with Crippen LogP contribution in [0.25, 0.3) is 11.0 Å². The van der Waals surface area contributed by atoms with Gasteiger partial charge >= 0.3 is 5.97 Å². The summed E-state index contributed by atoms with van der Waals surface area (Å²) in [6.45, 7) is 4.62. The third-order valence-corrected chi connectivity index (χ3v) is 4.45. The van der Waals surface area contributed by atoms with E-state index in [1.54, 1.807) is 56.5 Å². The average molecular weight is 410 g/mol. The maximum absolute atomic E-state index is 12.5. The smallest absolute Gasteiger partial charge is 0.375 e. The van der Waals surface area contributed by atoms with Crippen molar-refractivity contribution in [3.8, 4) is 5.75 Å². The Kier molecular flexibility index (Phi) is 6.06. The van der Waals surface area contributed by atoms with Gasteiger partial charge in [-0.15, -0.1) is 0 Å². The number of aryl methyl sites for hydroxylation is 1. The summed E-state index contributed by atoms with van der Waals surface area (Å²) in [4.78, 5) is 36.0. The molecule has 0 saturated heterocycles. The highest BCUT2D eigenvalue weighted by Gasteiger charge is 2.24. The standard InChI is InChI=1S/C22H22N2O6/c1-12-18-11-17(28-4)9-10-19(18)30-20(12)22(27)29-13(2)21(26)24-16-7-5-15(6-8-16)23-14(3)25/h5-11,13H,1-4H3,(H,23,25)(H,24,26)/t13-/m0/s1. The fourth-order valence-electron chi connectivity index (χ4n) is 2.87. The molecule has 2 N–H and O–H groups in total.